The summed E-state index contributed by atoms with van der Waals surface area (Å²) in [5.41, 5.74) is 0.827. The predicted molar refractivity (Wildman–Crippen MR) is 163 cm³/mol. The van der Waals surface area contributed by atoms with Crippen molar-refractivity contribution >= 4 is 5.91 Å². The molecule has 0 spiro atoms. The molecular formula is C35H61NO6. The first kappa shape index (κ1) is 32.7. The highest BCUT2D eigenvalue weighted by Crippen LogP contribution is 2.68. The summed E-state index contributed by atoms with van der Waals surface area (Å²) >= 11 is 0. The Morgan fingerprint density at radius 1 is 0.976 bits per heavy atom. The zero-order valence-corrected chi connectivity index (χ0v) is 27.3. The topological polar surface area (TPSA) is 108 Å². The highest BCUT2D eigenvalue weighted by molar-refractivity contribution is 5.73. The number of carbonyl (C=O) groups is 1. The number of nitrogens with one attached hydrogen (secondary N) is 1. The number of aliphatic hydroxyl groups is 3. The van der Waals surface area contributed by atoms with Crippen molar-refractivity contribution in [3.05, 3.63) is 0 Å². The van der Waals surface area contributed by atoms with Gasteiger partial charge in [-0.1, -0.05) is 53.9 Å². The molecule has 5 rings (SSSR count). The maximum absolute atomic E-state index is 11.9. The summed E-state index contributed by atoms with van der Waals surface area (Å²) in [7, 11) is 0. The van der Waals surface area contributed by atoms with Gasteiger partial charge in [0.25, 0.3) is 0 Å². The Morgan fingerprint density at radius 2 is 1.69 bits per heavy atom. The van der Waals surface area contributed by atoms with Crippen molar-refractivity contribution in [2.45, 2.75) is 155 Å². The summed E-state index contributed by atoms with van der Waals surface area (Å²) in [6.07, 6.45) is 11.0. The molecule has 0 aromatic heterocycles. The summed E-state index contributed by atoms with van der Waals surface area (Å²) < 4.78 is 11.9. The fourth-order valence-electron chi connectivity index (χ4n) is 11.2. The highest BCUT2D eigenvalue weighted by atomic mass is 16.6. The molecule has 0 unspecified atom stereocenters. The van der Waals surface area contributed by atoms with Gasteiger partial charge in [0.15, 0.2) is 6.29 Å². The minimum atomic E-state index is -1.34. The highest BCUT2D eigenvalue weighted by Gasteiger charge is 2.61. The minimum absolute atomic E-state index is 0.0448. The maximum atomic E-state index is 11.9. The number of carbonyl (C=O) groups excluding carboxylic acids is 1. The molecule has 0 aromatic rings. The first-order valence-corrected chi connectivity index (χ1v) is 17.4. The Bertz CT molecular complexity index is 929. The molecule has 7 heteroatoms. The minimum Gasteiger partial charge on any atom is -0.394 e. The van der Waals surface area contributed by atoms with Crippen LogP contribution >= 0.6 is 0 Å². The van der Waals surface area contributed by atoms with Gasteiger partial charge >= 0.3 is 0 Å². The molecule has 14 atom stereocenters. The number of hydrogen-bond acceptors (Lipinski definition) is 6. The van der Waals surface area contributed by atoms with E-state index in [1.54, 1.807) is 0 Å². The fourth-order valence-corrected chi connectivity index (χ4v) is 11.2. The standard InChI is InChI=1S/C35H61NO6/c1-20(2)8-7-9-21(3)26-12-13-27-25-11-10-23-18-24(14-16-34(23,5)28(25)15-17-35(26,27)6)41-32-30(36-22(4)38)33(40)42-29(19-37)31(32)39/h20-21,23-33,37,39-40H,7-19H2,1-6H3,(H,36,38)/t21-,23+,24+,25+,26-,27+,28+,29-,30-,31-,32-,33-,34+,35-/m1/s1. The van der Waals surface area contributed by atoms with Crippen molar-refractivity contribution in [3.63, 3.8) is 0 Å². The molecule has 4 aliphatic carbocycles. The zero-order chi connectivity index (χ0) is 30.4. The molecule has 1 aliphatic heterocycles. The van der Waals surface area contributed by atoms with E-state index in [-0.39, 0.29) is 12.0 Å². The molecule has 42 heavy (non-hydrogen) atoms. The van der Waals surface area contributed by atoms with Crippen LogP contribution in [0.5, 0.6) is 0 Å². The SMILES string of the molecule is CC(=O)N[C@@H]1[C@@H](O[C@H]2CC[C@@]3(C)[C@@H](CC[C@@H]4[C@@H]3CC[C@]3(C)[C@@H]([C@H](C)CCCC(C)C)CC[C@@H]43)C2)[C@H](O)[C@@H](CO)O[C@H]1O. The average Bonchev–Trinajstić information content (AvgIpc) is 3.29. The van der Waals surface area contributed by atoms with Gasteiger partial charge in [0.2, 0.25) is 5.91 Å². The van der Waals surface area contributed by atoms with Gasteiger partial charge in [-0.3, -0.25) is 4.79 Å². The number of ether oxygens (including phenoxy) is 2. The van der Waals surface area contributed by atoms with Crippen LogP contribution in [0.3, 0.4) is 0 Å². The normalized spacial score (nSPS) is 47.8. The summed E-state index contributed by atoms with van der Waals surface area (Å²) in [6, 6.07) is -0.872. The third kappa shape index (κ3) is 6.08. The second-order valence-corrected chi connectivity index (χ2v) is 16.1. The molecule has 242 valence electrons. The van der Waals surface area contributed by atoms with Gasteiger partial charge in [-0.05, 0) is 110 Å². The molecule has 0 radical (unpaired) electrons. The molecule has 1 heterocycles. The van der Waals surface area contributed by atoms with Gasteiger partial charge in [-0.25, -0.2) is 0 Å². The largest absolute Gasteiger partial charge is 0.394 e. The van der Waals surface area contributed by atoms with Gasteiger partial charge in [0, 0.05) is 6.92 Å². The van der Waals surface area contributed by atoms with Crippen molar-refractivity contribution in [1.82, 2.24) is 5.32 Å². The average molecular weight is 592 g/mol. The van der Waals surface area contributed by atoms with Crippen LogP contribution in [-0.4, -0.2) is 64.6 Å². The van der Waals surface area contributed by atoms with Gasteiger partial charge < -0.3 is 30.1 Å². The maximum Gasteiger partial charge on any atom is 0.217 e. The van der Waals surface area contributed by atoms with E-state index in [0.29, 0.717) is 16.7 Å². The molecular weight excluding hydrogens is 530 g/mol. The van der Waals surface area contributed by atoms with Crippen molar-refractivity contribution in [3.8, 4) is 0 Å². The van der Waals surface area contributed by atoms with Crippen LogP contribution in [0.1, 0.15) is 119 Å². The van der Waals surface area contributed by atoms with Crippen LogP contribution in [-0.2, 0) is 14.3 Å². The summed E-state index contributed by atoms with van der Waals surface area (Å²) in [6.45, 7) is 13.5. The summed E-state index contributed by atoms with van der Waals surface area (Å²) in [5.74, 6) is 5.29. The molecule has 0 aromatic carbocycles. The van der Waals surface area contributed by atoms with Crippen molar-refractivity contribution in [2.75, 3.05) is 6.61 Å². The smallest absolute Gasteiger partial charge is 0.217 e. The van der Waals surface area contributed by atoms with Crippen molar-refractivity contribution < 1.29 is 29.6 Å². The second-order valence-electron chi connectivity index (χ2n) is 16.1. The van der Waals surface area contributed by atoms with E-state index in [1.807, 2.05) is 0 Å². The molecule has 7 nitrogen and oxygen atoms in total. The van der Waals surface area contributed by atoms with Crippen LogP contribution in [0.25, 0.3) is 0 Å². The lowest BCUT2D eigenvalue weighted by atomic mass is 9.44. The van der Waals surface area contributed by atoms with E-state index in [9.17, 15) is 20.1 Å². The van der Waals surface area contributed by atoms with E-state index in [4.69, 9.17) is 9.47 Å². The molecule has 1 amide bonds. The number of aliphatic hydroxyl groups excluding tert-OH is 3. The number of amides is 1. The van der Waals surface area contributed by atoms with Crippen molar-refractivity contribution in [1.29, 1.82) is 0 Å². The zero-order valence-electron chi connectivity index (χ0n) is 27.3. The Hall–Kier alpha value is -0.730. The van der Waals surface area contributed by atoms with Crippen molar-refractivity contribution in [2.24, 2.45) is 52.3 Å². The molecule has 0 bridgehead atoms. The lowest BCUT2D eigenvalue weighted by Crippen LogP contribution is -2.65. The first-order chi connectivity index (χ1) is 19.9. The quantitative estimate of drug-likeness (QED) is 0.285. The number of hydrogen-bond donors (Lipinski definition) is 4. The lowest BCUT2D eigenvalue weighted by molar-refractivity contribution is -0.272. The van der Waals surface area contributed by atoms with Gasteiger partial charge in [-0.2, -0.15) is 0 Å². The molecule has 5 aliphatic rings. The van der Waals surface area contributed by atoms with E-state index < -0.39 is 37.3 Å². The molecule has 4 saturated carbocycles. The molecule has 4 N–H and O–H groups in total. The van der Waals surface area contributed by atoms with E-state index >= 15 is 0 Å². The monoisotopic (exact) mass is 591 g/mol. The summed E-state index contributed by atoms with van der Waals surface area (Å²) in [5, 5.41) is 34.0. The van der Waals surface area contributed by atoms with E-state index in [1.165, 1.54) is 64.7 Å². The third-order valence-electron chi connectivity index (χ3n) is 13.4. The number of rotatable bonds is 9. The van der Waals surface area contributed by atoms with Crippen LogP contribution in [0, 0.1) is 52.3 Å². The van der Waals surface area contributed by atoms with Crippen LogP contribution in [0.4, 0.5) is 0 Å². The van der Waals surface area contributed by atoms with Gasteiger partial charge in [0.05, 0.1) is 12.7 Å². The first-order valence-electron chi connectivity index (χ1n) is 17.4. The van der Waals surface area contributed by atoms with E-state index in [0.717, 1.165) is 54.8 Å². The Labute approximate surface area is 254 Å². The lowest BCUT2D eigenvalue weighted by Gasteiger charge is -2.61. The predicted octanol–water partition coefficient (Wildman–Crippen LogP) is 5.44. The van der Waals surface area contributed by atoms with E-state index in [2.05, 4.69) is 39.9 Å². The van der Waals surface area contributed by atoms with Crippen LogP contribution < -0.4 is 5.32 Å². The third-order valence-corrected chi connectivity index (χ3v) is 13.4. The Kier molecular flexibility index (Phi) is 10.1. The van der Waals surface area contributed by atoms with Gasteiger partial charge in [0.1, 0.15) is 24.4 Å². The van der Waals surface area contributed by atoms with Crippen LogP contribution in [0.2, 0.25) is 0 Å². The Morgan fingerprint density at radius 3 is 2.38 bits per heavy atom. The second kappa shape index (κ2) is 12.9. The summed E-state index contributed by atoms with van der Waals surface area (Å²) in [4.78, 5) is 11.9. The molecule has 5 fully saturated rings. The molecule has 1 saturated heterocycles. The van der Waals surface area contributed by atoms with Gasteiger partial charge in [-0.15, -0.1) is 0 Å². The Balaban J connectivity index is 1.24. The number of fused-ring (bicyclic) bond motifs is 5. The fraction of sp³-hybridized carbons (Fsp3) is 0.971. The van der Waals surface area contributed by atoms with Crippen LogP contribution in [0.15, 0.2) is 0 Å².